The van der Waals surface area contributed by atoms with Gasteiger partial charge in [0.2, 0.25) is 0 Å². The van der Waals surface area contributed by atoms with E-state index < -0.39 is 0 Å². The van der Waals surface area contributed by atoms with Crippen molar-refractivity contribution in [3.05, 3.63) is 29.1 Å². The normalized spacial score (nSPS) is 19.8. The minimum atomic E-state index is 0.0766. The van der Waals surface area contributed by atoms with Crippen LogP contribution in [0.3, 0.4) is 0 Å². The first kappa shape index (κ1) is 12.5. The third kappa shape index (κ3) is 2.49. The van der Waals surface area contributed by atoms with Gasteiger partial charge in [-0.3, -0.25) is 4.98 Å². The van der Waals surface area contributed by atoms with Crippen molar-refractivity contribution in [3.63, 3.8) is 0 Å². The lowest BCUT2D eigenvalue weighted by atomic mass is 9.84. The van der Waals surface area contributed by atoms with Crippen LogP contribution in [0.2, 0.25) is 0 Å². The van der Waals surface area contributed by atoms with Crippen molar-refractivity contribution in [2.24, 2.45) is 5.73 Å². The average molecular weight is 248 g/mol. The second-order valence-corrected chi connectivity index (χ2v) is 6.31. The molecule has 3 heteroatoms. The van der Waals surface area contributed by atoms with Crippen molar-refractivity contribution < 1.29 is 0 Å². The van der Waals surface area contributed by atoms with Gasteiger partial charge in [0.05, 0.1) is 16.6 Å². The molecule has 2 N–H and O–H groups in total. The van der Waals surface area contributed by atoms with Gasteiger partial charge in [-0.15, -0.1) is 0 Å². The second-order valence-electron chi connectivity index (χ2n) is 5.84. The van der Waals surface area contributed by atoms with Crippen molar-refractivity contribution in [3.8, 4) is 0 Å². The fourth-order valence-electron chi connectivity index (χ4n) is 2.34. The van der Waals surface area contributed by atoms with Crippen LogP contribution < -0.4 is 5.73 Å². The fraction of sp³-hybridized carbons (Fsp3) is 0.571. The van der Waals surface area contributed by atoms with E-state index >= 15 is 0 Å². The minimum absolute atomic E-state index is 0.0766. The maximum Gasteiger partial charge on any atom is 0.0819 e. The molecule has 17 heavy (non-hydrogen) atoms. The molecule has 1 heterocycles. The molecular weight excluding hydrogens is 228 g/mol. The van der Waals surface area contributed by atoms with Gasteiger partial charge in [-0.2, -0.15) is 0 Å². The van der Waals surface area contributed by atoms with Gasteiger partial charge < -0.3 is 5.73 Å². The monoisotopic (exact) mass is 248 g/mol. The zero-order valence-electron chi connectivity index (χ0n) is 10.8. The SMILES string of the molecule is CC(C)(C)c1ccc2c(n1)[C@@H](C(N)=S)CCC2. The number of nitrogens with two attached hydrogens (primary N) is 1. The molecule has 1 aromatic rings. The molecule has 0 saturated heterocycles. The Bertz CT molecular complexity index is 446. The molecule has 0 fully saturated rings. The number of pyridine rings is 1. The molecule has 92 valence electrons. The van der Waals surface area contributed by atoms with Crippen molar-refractivity contribution in [1.82, 2.24) is 4.98 Å². The molecule has 1 aliphatic rings. The van der Waals surface area contributed by atoms with Gasteiger partial charge in [0.25, 0.3) is 0 Å². The van der Waals surface area contributed by atoms with Gasteiger partial charge in [0, 0.05) is 11.1 Å². The molecule has 1 aromatic heterocycles. The summed E-state index contributed by atoms with van der Waals surface area (Å²) in [5.74, 6) is 0.177. The van der Waals surface area contributed by atoms with Crippen LogP contribution in [0.25, 0.3) is 0 Å². The standard InChI is InChI=1S/C14H20N2S/c1-14(2,3)11-8-7-9-5-4-6-10(13(15)17)12(9)16-11/h7-8,10H,4-6H2,1-3H3,(H2,15,17)/t10-/m0/s1. The summed E-state index contributed by atoms with van der Waals surface area (Å²) in [6.45, 7) is 6.54. The van der Waals surface area contributed by atoms with Crippen LogP contribution in [-0.4, -0.2) is 9.97 Å². The molecule has 0 radical (unpaired) electrons. The zero-order chi connectivity index (χ0) is 12.6. The molecule has 0 saturated carbocycles. The van der Waals surface area contributed by atoms with E-state index in [-0.39, 0.29) is 11.3 Å². The molecule has 0 bridgehead atoms. The first-order valence-electron chi connectivity index (χ1n) is 6.19. The van der Waals surface area contributed by atoms with Crippen LogP contribution in [-0.2, 0) is 11.8 Å². The zero-order valence-corrected chi connectivity index (χ0v) is 11.6. The van der Waals surface area contributed by atoms with E-state index in [1.807, 2.05) is 0 Å². The maximum atomic E-state index is 5.83. The van der Waals surface area contributed by atoms with Gasteiger partial charge in [-0.1, -0.05) is 39.1 Å². The number of hydrogen-bond acceptors (Lipinski definition) is 2. The van der Waals surface area contributed by atoms with Gasteiger partial charge in [-0.25, -0.2) is 0 Å². The third-order valence-corrected chi connectivity index (χ3v) is 3.68. The highest BCUT2D eigenvalue weighted by atomic mass is 32.1. The minimum Gasteiger partial charge on any atom is -0.393 e. The summed E-state index contributed by atoms with van der Waals surface area (Å²) in [7, 11) is 0. The number of aromatic nitrogens is 1. The lowest BCUT2D eigenvalue weighted by molar-refractivity contribution is 0.552. The molecule has 1 atom stereocenters. The van der Waals surface area contributed by atoms with E-state index in [1.165, 1.54) is 5.56 Å². The number of hydrogen-bond donors (Lipinski definition) is 1. The molecule has 0 aromatic carbocycles. The lowest BCUT2D eigenvalue weighted by Gasteiger charge is -2.26. The molecule has 0 spiro atoms. The molecular formula is C14H20N2S. The van der Waals surface area contributed by atoms with Gasteiger partial charge in [-0.05, 0) is 30.9 Å². The summed E-state index contributed by atoms with van der Waals surface area (Å²) in [4.78, 5) is 5.41. The quantitative estimate of drug-likeness (QED) is 0.776. The Kier molecular flexibility index (Phi) is 3.21. The average Bonchev–Trinajstić information content (AvgIpc) is 2.26. The predicted molar refractivity (Wildman–Crippen MR) is 75.4 cm³/mol. The summed E-state index contributed by atoms with van der Waals surface area (Å²) >= 11 is 5.17. The number of thiocarbonyl (C=S) groups is 1. The van der Waals surface area contributed by atoms with Gasteiger partial charge >= 0.3 is 0 Å². The molecule has 0 unspecified atom stereocenters. The van der Waals surface area contributed by atoms with E-state index in [0.717, 1.165) is 30.7 Å². The van der Waals surface area contributed by atoms with Crippen LogP contribution in [0.1, 0.15) is 56.5 Å². The Labute approximate surface area is 109 Å². The summed E-state index contributed by atoms with van der Waals surface area (Å²) in [6, 6.07) is 4.34. The molecule has 0 amide bonds. The molecule has 1 aliphatic carbocycles. The Morgan fingerprint density at radius 2 is 2.12 bits per heavy atom. The van der Waals surface area contributed by atoms with Crippen LogP contribution in [0.4, 0.5) is 0 Å². The Hall–Kier alpha value is -0.960. The van der Waals surface area contributed by atoms with Crippen LogP contribution in [0.15, 0.2) is 12.1 Å². The van der Waals surface area contributed by atoms with Crippen molar-refractivity contribution >= 4 is 17.2 Å². The number of rotatable bonds is 1. The number of nitrogens with zero attached hydrogens (tertiary/aromatic N) is 1. The predicted octanol–water partition coefficient (Wildman–Crippen LogP) is 3.09. The summed E-state index contributed by atoms with van der Waals surface area (Å²) in [6.07, 6.45) is 3.31. The van der Waals surface area contributed by atoms with E-state index in [1.54, 1.807) is 0 Å². The van der Waals surface area contributed by atoms with E-state index in [2.05, 4.69) is 32.9 Å². The Morgan fingerprint density at radius 1 is 1.41 bits per heavy atom. The van der Waals surface area contributed by atoms with Crippen molar-refractivity contribution in [1.29, 1.82) is 0 Å². The van der Waals surface area contributed by atoms with Crippen LogP contribution in [0, 0.1) is 0 Å². The topological polar surface area (TPSA) is 38.9 Å². The van der Waals surface area contributed by atoms with Crippen molar-refractivity contribution in [2.45, 2.75) is 51.4 Å². The van der Waals surface area contributed by atoms with Crippen LogP contribution in [0.5, 0.6) is 0 Å². The van der Waals surface area contributed by atoms with E-state index in [0.29, 0.717) is 4.99 Å². The number of aryl methyl sites for hydroxylation is 1. The van der Waals surface area contributed by atoms with Gasteiger partial charge in [0.1, 0.15) is 0 Å². The Balaban J connectivity index is 2.48. The van der Waals surface area contributed by atoms with Gasteiger partial charge in [0.15, 0.2) is 0 Å². The molecule has 0 aliphatic heterocycles. The highest BCUT2D eigenvalue weighted by molar-refractivity contribution is 7.80. The second kappa shape index (κ2) is 4.37. The first-order valence-corrected chi connectivity index (χ1v) is 6.60. The summed E-state index contributed by atoms with van der Waals surface area (Å²) in [5, 5.41) is 0. The highest BCUT2D eigenvalue weighted by Crippen LogP contribution is 2.32. The van der Waals surface area contributed by atoms with E-state index in [9.17, 15) is 0 Å². The first-order chi connectivity index (χ1) is 7.89. The maximum absolute atomic E-state index is 5.83. The summed E-state index contributed by atoms with van der Waals surface area (Å²) < 4.78 is 0. The van der Waals surface area contributed by atoms with E-state index in [4.69, 9.17) is 22.9 Å². The molecule has 2 rings (SSSR count). The van der Waals surface area contributed by atoms with Crippen LogP contribution >= 0.6 is 12.2 Å². The largest absolute Gasteiger partial charge is 0.393 e. The Morgan fingerprint density at radius 3 is 2.71 bits per heavy atom. The highest BCUT2D eigenvalue weighted by Gasteiger charge is 2.26. The smallest absolute Gasteiger partial charge is 0.0819 e. The molecule has 2 nitrogen and oxygen atoms in total. The lowest BCUT2D eigenvalue weighted by Crippen LogP contribution is -2.26. The number of fused-ring (bicyclic) bond motifs is 1. The third-order valence-electron chi connectivity index (χ3n) is 3.39. The van der Waals surface area contributed by atoms with Crippen molar-refractivity contribution in [2.75, 3.05) is 0 Å². The summed E-state index contributed by atoms with van der Waals surface area (Å²) in [5.41, 5.74) is 9.48. The fourth-order valence-corrected chi connectivity index (χ4v) is 2.57.